The lowest BCUT2D eigenvalue weighted by Crippen LogP contribution is -2.36. The van der Waals surface area contributed by atoms with Gasteiger partial charge in [-0.3, -0.25) is 4.31 Å². The Kier molecular flexibility index (Phi) is 5.62. The van der Waals surface area contributed by atoms with Crippen LogP contribution in [0.5, 0.6) is 0 Å². The van der Waals surface area contributed by atoms with E-state index in [0.717, 1.165) is 4.47 Å². The highest BCUT2D eigenvalue weighted by Crippen LogP contribution is 2.22. The minimum atomic E-state index is -3.39. The zero-order valence-corrected chi connectivity index (χ0v) is 12.9. The van der Waals surface area contributed by atoms with Crippen molar-refractivity contribution in [3.63, 3.8) is 0 Å². The van der Waals surface area contributed by atoms with Gasteiger partial charge in [-0.05, 0) is 30.2 Å². The fourth-order valence-electron chi connectivity index (χ4n) is 1.64. The van der Waals surface area contributed by atoms with Gasteiger partial charge in [0.25, 0.3) is 0 Å². The highest BCUT2D eigenvalue weighted by atomic mass is 79.9. The van der Waals surface area contributed by atoms with Crippen LogP contribution in [0.25, 0.3) is 0 Å². The number of nitrogens with zero attached hydrogens (tertiary/aromatic N) is 1. The monoisotopic (exact) mass is 335 g/mol. The second-order valence-corrected chi connectivity index (χ2v) is 7.30. The Bertz CT molecular complexity index is 471. The van der Waals surface area contributed by atoms with E-state index in [1.165, 1.54) is 4.31 Å². The predicted molar refractivity (Wildman–Crippen MR) is 77.2 cm³/mol. The molecule has 1 aromatic carbocycles. The van der Waals surface area contributed by atoms with Gasteiger partial charge in [0.15, 0.2) is 0 Å². The van der Waals surface area contributed by atoms with Gasteiger partial charge in [-0.25, -0.2) is 8.42 Å². The van der Waals surface area contributed by atoms with Crippen molar-refractivity contribution in [1.29, 1.82) is 0 Å². The van der Waals surface area contributed by atoms with Crippen molar-refractivity contribution in [3.8, 4) is 0 Å². The third-order valence-electron chi connectivity index (χ3n) is 2.30. The van der Waals surface area contributed by atoms with Crippen LogP contribution in [-0.2, 0) is 10.0 Å². The first-order valence-corrected chi connectivity index (χ1v) is 8.14. The molecule has 0 saturated heterocycles. The van der Waals surface area contributed by atoms with E-state index in [1.54, 1.807) is 24.3 Å². The summed E-state index contributed by atoms with van der Waals surface area (Å²) in [5.74, 6) is 0.120. The molecule has 1 N–H and O–H groups in total. The van der Waals surface area contributed by atoms with E-state index in [-0.39, 0.29) is 24.8 Å². The quantitative estimate of drug-likeness (QED) is 0.867. The normalized spacial score (nSPS) is 11.8. The molecule has 102 valence electrons. The van der Waals surface area contributed by atoms with Crippen molar-refractivity contribution in [2.45, 2.75) is 13.8 Å². The van der Waals surface area contributed by atoms with Crippen LogP contribution >= 0.6 is 15.9 Å². The van der Waals surface area contributed by atoms with Gasteiger partial charge in [-0.15, -0.1) is 0 Å². The van der Waals surface area contributed by atoms with Gasteiger partial charge in [-0.1, -0.05) is 29.8 Å². The largest absolute Gasteiger partial charge is 0.394 e. The highest BCUT2D eigenvalue weighted by Gasteiger charge is 2.23. The lowest BCUT2D eigenvalue weighted by molar-refractivity contribution is 0.306. The van der Waals surface area contributed by atoms with E-state index < -0.39 is 10.0 Å². The molecule has 0 saturated carbocycles. The molecule has 0 fully saturated rings. The summed E-state index contributed by atoms with van der Waals surface area (Å²) in [7, 11) is -3.39. The van der Waals surface area contributed by atoms with Crippen LogP contribution in [0.2, 0.25) is 0 Å². The van der Waals surface area contributed by atoms with E-state index in [4.69, 9.17) is 5.11 Å². The zero-order chi connectivity index (χ0) is 13.8. The maximum Gasteiger partial charge on any atom is 0.235 e. The second kappa shape index (κ2) is 6.54. The van der Waals surface area contributed by atoms with E-state index in [0.29, 0.717) is 5.69 Å². The van der Waals surface area contributed by atoms with Crippen LogP contribution in [-0.4, -0.2) is 32.4 Å². The summed E-state index contributed by atoms with van der Waals surface area (Å²) in [6.07, 6.45) is 0. The summed E-state index contributed by atoms with van der Waals surface area (Å²) in [6, 6.07) is 7.00. The van der Waals surface area contributed by atoms with Crippen molar-refractivity contribution in [2.24, 2.45) is 5.92 Å². The first kappa shape index (κ1) is 15.5. The number of benzene rings is 1. The van der Waals surface area contributed by atoms with Crippen LogP contribution in [0, 0.1) is 5.92 Å². The fraction of sp³-hybridized carbons (Fsp3) is 0.500. The minimum absolute atomic E-state index is 0.0478. The molecule has 0 unspecified atom stereocenters. The topological polar surface area (TPSA) is 57.6 Å². The van der Waals surface area contributed by atoms with Crippen LogP contribution in [0.4, 0.5) is 5.69 Å². The maximum atomic E-state index is 12.2. The SMILES string of the molecule is CC(C)CS(=O)(=O)N(CCO)c1ccc(Br)cc1. The Morgan fingerprint density at radius 1 is 1.28 bits per heavy atom. The number of aliphatic hydroxyl groups is 1. The third kappa shape index (κ3) is 4.26. The van der Waals surface area contributed by atoms with Crippen molar-refractivity contribution in [3.05, 3.63) is 28.7 Å². The van der Waals surface area contributed by atoms with Gasteiger partial charge in [0.1, 0.15) is 0 Å². The Hall–Kier alpha value is -0.590. The molecule has 0 aliphatic rings. The molecule has 0 aliphatic carbocycles. The fourth-order valence-corrected chi connectivity index (χ4v) is 3.73. The first-order valence-electron chi connectivity index (χ1n) is 5.73. The maximum absolute atomic E-state index is 12.2. The number of halogens is 1. The van der Waals surface area contributed by atoms with Gasteiger partial charge in [0.2, 0.25) is 10.0 Å². The molecule has 1 rings (SSSR count). The molecule has 0 aliphatic heterocycles. The zero-order valence-electron chi connectivity index (χ0n) is 10.5. The molecule has 0 amide bonds. The van der Waals surface area contributed by atoms with Gasteiger partial charge in [0.05, 0.1) is 24.6 Å². The number of hydrogen-bond acceptors (Lipinski definition) is 3. The molecule has 0 aromatic heterocycles. The Morgan fingerprint density at radius 2 is 1.83 bits per heavy atom. The number of hydrogen-bond donors (Lipinski definition) is 1. The van der Waals surface area contributed by atoms with Crippen molar-refractivity contribution in [2.75, 3.05) is 23.2 Å². The van der Waals surface area contributed by atoms with Crippen LogP contribution in [0.3, 0.4) is 0 Å². The van der Waals surface area contributed by atoms with E-state index in [9.17, 15) is 8.42 Å². The third-order valence-corrected chi connectivity index (χ3v) is 4.98. The van der Waals surface area contributed by atoms with Gasteiger partial charge in [-0.2, -0.15) is 0 Å². The lowest BCUT2D eigenvalue weighted by Gasteiger charge is -2.24. The highest BCUT2D eigenvalue weighted by molar-refractivity contribution is 9.10. The Morgan fingerprint density at radius 3 is 2.28 bits per heavy atom. The molecule has 4 nitrogen and oxygen atoms in total. The molecular formula is C12H18BrNO3S. The number of aliphatic hydroxyl groups excluding tert-OH is 1. The molecular weight excluding hydrogens is 318 g/mol. The van der Waals surface area contributed by atoms with Gasteiger partial charge < -0.3 is 5.11 Å². The lowest BCUT2D eigenvalue weighted by atomic mass is 10.3. The van der Waals surface area contributed by atoms with E-state index >= 15 is 0 Å². The Labute approximate surface area is 117 Å². The molecule has 6 heteroatoms. The standard InChI is InChI=1S/C12H18BrNO3S/c1-10(2)9-18(16,17)14(7-8-15)12-5-3-11(13)4-6-12/h3-6,10,15H,7-9H2,1-2H3. The van der Waals surface area contributed by atoms with Crippen molar-refractivity contribution < 1.29 is 13.5 Å². The summed E-state index contributed by atoms with van der Waals surface area (Å²) >= 11 is 3.31. The summed E-state index contributed by atoms with van der Waals surface area (Å²) in [6.45, 7) is 3.59. The van der Waals surface area contributed by atoms with Crippen molar-refractivity contribution in [1.82, 2.24) is 0 Å². The average molecular weight is 336 g/mol. The summed E-state index contributed by atoms with van der Waals surface area (Å²) < 4.78 is 26.6. The number of rotatable bonds is 6. The first-order chi connectivity index (χ1) is 8.36. The van der Waals surface area contributed by atoms with Crippen molar-refractivity contribution >= 4 is 31.6 Å². The summed E-state index contributed by atoms with van der Waals surface area (Å²) in [5.41, 5.74) is 0.577. The summed E-state index contributed by atoms with van der Waals surface area (Å²) in [5, 5.41) is 9.03. The average Bonchev–Trinajstić information content (AvgIpc) is 2.25. The van der Waals surface area contributed by atoms with E-state index in [1.807, 2.05) is 13.8 Å². The number of sulfonamides is 1. The van der Waals surface area contributed by atoms with Gasteiger partial charge >= 0.3 is 0 Å². The molecule has 0 radical (unpaired) electrons. The number of anilines is 1. The molecule has 0 atom stereocenters. The van der Waals surface area contributed by atoms with Crippen LogP contribution < -0.4 is 4.31 Å². The molecule has 1 aromatic rings. The molecule has 0 heterocycles. The minimum Gasteiger partial charge on any atom is -0.394 e. The predicted octanol–water partition coefficient (Wildman–Crippen LogP) is 2.23. The smallest absolute Gasteiger partial charge is 0.235 e. The van der Waals surface area contributed by atoms with Gasteiger partial charge in [0, 0.05) is 4.47 Å². The molecule has 0 bridgehead atoms. The molecule has 0 spiro atoms. The second-order valence-electron chi connectivity index (χ2n) is 4.44. The Balaban J connectivity index is 3.06. The van der Waals surface area contributed by atoms with Crippen LogP contribution in [0.15, 0.2) is 28.7 Å². The summed E-state index contributed by atoms with van der Waals surface area (Å²) in [4.78, 5) is 0. The molecule has 18 heavy (non-hydrogen) atoms. The van der Waals surface area contributed by atoms with Crippen LogP contribution in [0.1, 0.15) is 13.8 Å². The van der Waals surface area contributed by atoms with E-state index in [2.05, 4.69) is 15.9 Å².